The van der Waals surface area contributed by atoms with E-state index in [0.717, 1.165) is 29.4 Å². The van der Waals surface area contributed by atoms with Crippen molar-refractivity contribution in [3.63, 3.8) is 0 Å². The Morgan fingerprint density at radius 3 is 2.64 bits per heavy atom. The molecule has 5 heteroatoms. The molecule has 0 saturated carbocycles. The fourth-order valence-corrected chi connectivity index (χ4v) is 2.92. The topological polar surface area (TPSA) is 47.7 Å². The summed E-state index contributed by atoms with van der Waals surface area (Å²) in [5, 5.41) is 0. The third-order valence-corrected chi connectivity index (χ3v) is 4.10. The van der Waals surface area contributed by atoms with Gasteiger partial charge in [0, 0.05) is 12.1 Å². The van der Waals surface area contributed by atoms with Crippen molar-refractivity contribution < 1.29 is 13.9 Å². The van der Waals surface area contributed by atoms with E-state index in [-0.39, 0.29) is 6.10 Å². The fraction of sp³-hybridized carbons (Fsp3) is 0.250. The van der Waals surface area contributed by atoms with Gasteiger partial charge in [-0.3, -0.25) is 4.90 Å². The lowest BCUT2D eigenvalue weighted by Crippen LogP contribution is -2.39. The van der Waals surface area contributed by atoms with Crippen LogP contribution in [0, 0.1) is 0 Å². The molecule has 128 valence electrons. The minimum absolute atomic E-state index is 0.0107. The zero-order valence-corrected chi connectivity index (χ0v) is 14.1. The van der Waals surface area contributed by atoms with E-state index in [1.54, 1.807) is 6.20 Å². The molecule has 0 radical (unpaired) electrons. The highest BCUT2D eigenvalue weighted by Gasteiger charge is 2.22. The predicted molar refractivity (Wildman–Crippen MR) is 94.6 cm³/mol. The van der Waals surface area contributed by atoms with Crippen molar-refractivity contribution in [2.45, 2.75) is 12.6 Å². The first kappa shape index (κ1) is 15.7. The van der Waals surface area contributed by atoms with Gasteiger partial charge in [-0.05, 0) is 19.2 Å². The third-order valence-electron chi connectivity index (χ3n) is 4.10. The zero-order chi connectivity index (χ0) is 17.1. The Morgan fingerprint density at radius 1 is 1.04 bits per heavy atom. The number of hydrogen-bond donors (Lipinski definition) is 0. The molecule has 0 bridgehead atoms. The monoisotopic (exact) mass is 336 g/mol. The van der Waals surface area contributed by atoms with Gasteiger partial charge in [0.15, 0.2) is 17.3 Å². The second-order valence-electron chi connectivity index (χ2n) is 6.18. The lowest BCUT2D eigenvalue weighted by molar-refractivity contribution is 0.0619. The first-order chi connectivity index (χ1) is 12.3. The van der Waals surface area contributed by atoms with Crippen LogP contribution in [0.3, 0.4) is 0 Å². The molecule has 1 atom stereocenters. The molecule has 0 N–H and O–H groups in total. The van der Waals surface area contributed by atoms with Gasteiger partial charge in [0.25, 0.3) is 0 Å². The first-order valence-electron chi connectivity index (χ1n) is 8.35. The van der Waals surface area contributed by atoms with Crippen LogP contribution in [0.4, 0.5) is 0 Å². The summed E-state index contributed by atoms with van der Waals surface area (Å²) in [6.07, 6.45) is 1.76. The Morgan fingerprint density at radius 2 is 1.80 bits per heavy atom. The van der Waals surface area contributed by atoms with E-state index in [1.165, 1.54) is 0 Å². The number of rotatable bonds is 5. The van der Waals surface area contributed by atoms with Crippen molar-refractivity contribution in [2.75, 3.05) is 20.2 Å². The lowest BCUT2D eigenvalue weighted by atomic mass is 10.2. The van der Waals surface area contributed by atoms with Gasteiger partial charge in [-0.15, -0.1) is 0 Å². The number of benzene rings is 2. The molecule has 4 rings (SSSR count). The van der Waals surface area contributed by atoms with Crippen LogP contribution in [0.2, 0.25) is 0 Å². The van der Waals surface area contributed by atoms with E-state index in [1.807, 2.05) is 61.6 Å². The first-order valence-corrected chi connectivity index (χ1v) is 8.35. The molecule has 0 saturated heterocycles. The molecule has 0 spiro atoms. The highest BCUT2D eigenvalue weighted by Crippen LogP contribution is 2.31. The van der Waals surface area contributed by atoms with Gasteiger partial charge >= 0.3 is 0 Å². The van der Waals surface area contributed by atoms with Crippen molar-refractivity contribution in [3.8, 4) is 22.8 Å². The Bertz CT molecular complexity index is 832. The molecule has 0 fully saturated rings. The van der Waals surface area contributed by atoms with Crippen molar-refractivity contribution in [3.05, 3.63) is 66.7 Å². The smallest absolute Gasteiger partial charge is 0.209 e. The summed E-state index contributed by atoms with van der Waals surface area (Å²) in [6.45, 7) is 1.90. The average molecular weight is 336 g/mol. The van der Waals surface area contributed by atoms with Crippen LogP contribution in [0.5, 0.6) is 11.5 Å². The van der Waals surface area contributed by atoms with Gasteiger partial charge in [0.1, 0.15) is 12.7 Å². The second-order valence-corrected chi connectivity index (χ2v) is 6.18. The summed E-state index contributed by atoms with van der Waals surface area (Å²) in [7, 11) is 2.02. The average Bonchev–Trinajstić information content (AvgIpc) is 3.10. The summed E-state index contributed by atoms with van der Waals surface area (Å²) in [4.78, 5) is 6.51. The number of hydrogen-bond acceptors (Lipinski definition) is 5. The van der Waals surface area contributed by atoms with Crippen molar-refractivity contribution in [1.29, 1.82) is 0 Å². The standard InChI is InChI=1S/C20H20N2O3/c1-22(12-16-14-23-17-9-5-6-10-18(17)24-16)13-20-21-11-19(25-20)15-7-3-2-4-8-15/h2-11,16H,12-14H2,1H3. The minimum Gasteiger partial charge on any atom is -0.486 e. The molecule has 0 aliphatic carbocycles. The Balaban J connectivity index is 1.35. The SMILES string of the molecule is CN(Cc1ncc(-c2ccccc2)o1)CC1COc2ccccc2O1. The van der Waals surface area contributed by atoms with E-state index < -0.39 is 0 Å². The van der Waals surface area contributed by atoms with Crippen LogP contribution in [0.25, 0.3) is 11.3 Å². The predicted octanol–water partition coefficient (Wildman–Crippen LogP) is 3.61. The third kappa shape index (κ3) is 3.67. The largest absolute Gasteiger partial charge is 0.486 e. The van der Waals surface area contributed by atoms with Crippen LogP contribution < -0.4 is 9.47 Å². The lowest BCUT2D eigenvalue weighted by Gasteiger charge is -2.29. The van der Waals surface area contributed by atoms with Crippen molar-refractivity contribution >= 4 is 0 Å². The van der Waals surface area contributed by atoms with Gasteiger partial charge in [-0.1, -0.05) is 42.5 Å². The summed E-state index contributed by atoms with van der Waals surface area (Å²) in [5.74, 6) is 3.09. The van der Waals surface area contributed by atoms with Crippen LogP contribution in [-0.4, -0.2) is 36.2 Å². The molecule has 2 aromatic carbocycles. The molecule has 2 heterocycles. The Kier molecular flexibility index (Phi) is 4.39. The summed E-state index contributed by atoms with van der Waals surface area (Å²) < 4.78 is 17.6. The summed E-state index contributed by atoms with van der Waals surface area (Å²) >= 11 is 0. The molecule has 1 aromatic heterocycles. The molecule has 1 aliphatic heterocycles. The van der Waals surface area contributed by atoms with Crippen LogP contribution in [0.1, 0.15) is 5.89 Å². The number of oxazole rings is 1. The Hall–Kier alpha value is -2.79. The second kappa shape index (κ2) is 6.99. The number of nitrogens with zero attached hydrogens (tertiary/aromatic N) is 2. The maximum atomic E-state index is 6.00. The minimum atomic E-state index is -0.0107. The number of para-hydroxylation sites is 2. The number of aromatic nitrogens is 1. The quantitative estimate of drug-likeness (QED) is 0.712. The van der Waals surface area contributed by atoms with Crippen LogP contribution in [-0.2, 0) is 6.54 Å². The molecular weight excluding hydrogens is 316 g/mol. The number of fused-ring (bicyclic) bond motifs is 1. The van der Waals surface area contributed by atoms with Crippen LogP contribution in [0.15, 0.2) is 65.2 Å². The fourth-order valence-electron chi connectivity index (χ4n) is 2.92. The van der Waals surface area contributed by atoms with E-state index in [9.17, 15) is 0 Å². The van der Waals surface area contributed by atoms with Gasteiger partial charge in [-0.2, -0.15) is 0 Å². The normalized spacial score (nSPS) is 16.2. The number of likely N-dealkylation sites (N-methyl/N-ethyl adjacent to an activating group) is 1. The van der Waals surface area contributed by atoms with Gasteiger partial charge in [-0.25, -0.2) is 4.98 Å². The molecular formula is C20H20N2O3. The van der Waals surface area contributed by atoms with E-state index in [0.29, 0.717) is 19.0 Å². The molecule has 0 amide bonds. The van der Waals surface area contributed by atoms with Gasteiger partial charge < -0.3 is 13.9 Å². The highest BCUT2D eigenvalue weighted by atomic mass is 16.6. The summed E-state index contributed by atoms with van der Waals surface area (Å²) in [6, 6.07) is 17.7. The summed E-state index contributed by atoms with van der Waals surface area (Å²) in [5.41, 5.74) is 1.03. The molecule has 1 aliphatic rings. The van der Waals surface area contributed by atoms with Crippen molar-refractivity contribution in [1.82, 2.24) is 9.88 Å². The molecule has 5 nitrogen and oxygen atoms in total. The van der Waals surface area contributed by atoms with E-state index in [4.69, 9.17) is 13.9 Å². The van der Waals surface area contributed by atoms with E-state index in [2.05, 4.69) is 9.88 Å². The Labute approximate surface area is 146 Å². The maximum Gasteiger partial charge on any atom is 0.209 e. The van der Waals surface area contributed by atoms with Crippen molar-refractivity contribution in [2.24, 2.45) is 0 Å². The van der Waals surface area contributed by atoms with Gasteiger partial charge in [0.2, 0.25) is 5.89 Å². The van der Waals surface area contributed by atoms with E-state index >= 15 is 0 Å². The molecule has 25 heavy (non-hydrogen) atoms. The number of ether oxygens (including phenoxy) is 2. The zero-order valence-electron chi connectivity index (χ0n) is 14.1. The van der Waals surface area contributed by atoms with Gasteiger partial charge in [0.05, 0.1) is 12.7 Å². The highest BCUT2D eigenvalue weighted by molar-refractivity contribution is 5.55. The molecule has 3 aromatic rings. The maximum absolute atomic E-state index is 6.00. The molecule has 1 unspecified atom stereocenters. The van der Waals surface area contributed by atoms with Crippen LogP contribution >= 0.6 is 0 Å².